The second-order valence-corrected chi connectivity index (χ2v) is 5.26. The molecule has 0 radical (unpaired) electrons. The molecule has 0 saturated carbocycles. The molecule has 1 aromatic carbocycles. The Morgan fingerprint density at radius 2 is 2.15 bits per heavy atom. The Morgan fingerprint density at radius 1 is 1.35 bits per heavy atom. The van der Waals surface area contributed by atoms with E-state index in [-0.39, 0.29) is 6.04 Å². The number of benzene rings is 1. The number of rotatable bonds is 6. The van der Waals surface area contributed by atoms with Crippen LogP contribution in [0.5, 0.6) is 5.75 Å². The number of hydrogen-bond acceptors (Lipinski definition) is 3. The molecule has 4 nitrogen and oxygen atoms in total. The molecule has 108 valence electrons. The lowest BCUT2D eigenvalue weighted by atomic mass is 10.0. The summed E-state index contributed by atoms with van der Waals surface area (Å²) in [6.45, 7) is 7.52. The number of para-hydroxylation sites is 1. The van der Waals surface area contributed by atoms with Gasteiger partial charge < -0.3 is 15.0 Å². The number of nitrogens with two attached hydrogens (primary N) is 1. The van der Waals surface area contributed by atoms with E-state index in [1.54, 1.807) is 0 Å². The Kier molecular flexibility index (Phi) is 4.79. The van der Waals surface area contributed by atoms with Crippen molar-refractivity contribution < 1.29 is 4.74 Å². The summed E-state index contributed by atoms with van der Waals surface area (Å²) in [5, 5.41) is 0. The van der Waals surface area contributed by atoms with Gasteiger partial charge in [-0.2, -0.15) is 0 Å². The Balaban J connectivity index is 2.03. The Bertz CT molecular complexity index is 561. The van der Waals surface area contributed by atoms with Gasteiger partial charge in [-0.15, -0.1) is 0 Å². The molecule has 4 heteroatoms. The normalized spacial score (nSPS) is 12.4. The topological polar surface area (TPSA) is 53.1 Å². The van der Waals surface area contributed by atoms with Gasteiger partial charge in [-0.25, -0.2) is 4.98 Å². The molecule has 20 heavy (non-hydrogen) atoms. The van der Waals surface area contributed by atoms with E-state index in [2.05, 4.69) is 34.7 Å². The number of aromatic nitrogens is 2. The molecule has 0 spiro atoms. The van der Waals surface area contributed by atoms with Crippen LogP contribution in [0.3, 0.4) is 0 Å². The van der Waals surface area contributed by atoms with Crippen molar-refractivity contribution in [1.82, 2.24) is 9.55 Å². The van der Waals surface area contributed by atoms with E-state index in [1.165, 1.54) is 5.56 Å². The first-order chi connectivity index (χ1) is 9.58. The van der Waals surface area contributed by atoms with Gasteiger partial charge in [0.25, 0.3) is 0 Å². The fraction of sp³-hybridized carbons (Fsp3) is 0.438. The third-order valence-electron chi connectivity index (χ3n) is 3.34. The average molecular weight is 273 g/mol. The van der Waals surface area contributed by atoms with Gasteiger partial charge >= 0.3 is 0 Å². The smallest absolute Gasteiger partial charge is 0.125 e. The van der Waals surface area contributed by atoms with Crippen molar-refractivity contribution in [1.29, 1.82) is 0 Å². The monoisotopic (exact) mass is 273 g/mol. The fourth-order valence-corrected chi connectivity index (χ4v) is 2.31. The maximum atomic E-state index is 5.99. The molecule has 2 aromatic rings. The van der Waals surface area contributed by atoms with Gasteiger partial charge in [-0.1, -0.05) is 18.2 Å². The maximum Gasteiger partial charge on any atom is 0.125 e. The van der Waals surface area contributed by atoms with Crippen LogP contribution in [-0.2, 0) is 13.0 Å². The summed E-state index contributed by atoms with van der Waals surface area (Å²) in [7, 11) is 0. The van der Waals surface area contributed by atoms with Crippen LogP contribution in [0, 0.1) is 13.8 Å². The second kappa shape index (κ2) is 6.57. The lowest BCUT2D eigenvalue weighted by Crippen LogP contribution is -2.19. The number of hydrogen-bond donors (Lipinski definition) is 1. The lowest BCUT2D eigenvalue weighted by Gasteiger charge is -2.16. The summed E-state index contributed by atoms with van der Waals surface area (Å²) in [4.78, 5) is 4.21. The Hall–Kier alpha value is -1.81. The van der Waals surface area contributed by atoms with Crippen LogP contribution in [0.25, 0.3) is 0 Å². The fourth-order valence-electron chi connectivity index (χ4n) is 2.31. The highest BCUT2D eigenvalue weighted by Crippen LogP contribution is 2.24. The van der Waals surface area contributed by atoms with Gasteiger partial charge in [0.05, 0.1) is 6.54 Å². The number of ether oxygens (including phenoxy) is 1. The molecule has 0 amide bonds. The molecule has 1 aromatic heterocycles. The van der Waals surface area contributed by atoms with E-state index in [9.17, 15) is 0 Å². The Morgan fingerprint density at radius 3 is 2.80 bits per heavy atom. The summed E-state index contributed by atoms with van der Waals surface area (Å²) in [5.74, 6) is 1.98. The highest BCUT2D eigenvalue weighted by molar-refractivity contribution is 5.41. The van der Waals surface area contributed by atoms with Crippen LogP contribution in [0.15, 0.2) is 30.6 Å². The summed E-state index contributed by atoms with van der Waals surface area (Å²) in [5.41, 5.74) is 8.24. The molecule has 1 heterocycles. The summed E-state index contributed by atoms with van der Waals surface area (Å²) in [6.07, 6.45) is 4.62. The van der Waals surface area contributed by atoms with Gasteiger partial charge in [-0.3, -0.25) is 0 Å². The molecule has 0 aliphatic heterocycles. The van der Waals surface area contributed by atoms with Gasteiger partial charge in [-0.05, 0) is 38.3 Å². The summed E-state index contributed by atoms with van der Waals surface area (Å²) < 4.78 is 8.08. The molecule has 0 fully saturated rings. The minimum atomic E-state index is 0.134. The van der Waals surface area contributed by atoms with Crippen LogP contribution in [0.2, 0.25) is 0 Å². The van der Waals surface area contributed by atoms with Crippen LogP contribution in [0.4, 0.5) is 0 Å². The van der Waals surface area contributed by atoms with Crippen LogP contribution < -0.4 is 10.5 Å². The molecule has 1 atom stereocenters. The standard InChI is InChI=1S/C16H23N3O/c1-12-5-4-6-15(11-13(2)17)16(12)20-10-9-19-8-7-18-14(19)3/h4-8,13H,9-11,17H2,1-3H3. The van der Waals surface area contributed by atoms with E-state index in [4.69, 9.17) is 10.5 Å². The zero-order valence-corrected chi connectivity index (χ0v) is 12.5. The first-order valence-electron chi connectivity index (χ1n) is 7.02. The van der Waals surface area contributed by atoms with Crippen molar-refractivity contribution in [3.63, 3.8) is 0 Å². The molecule has 1 unspecified atom stereocenters. The van der Waals surface area contributed by atoms with E-state index in [0.29, 0.717) is 6.61 Å². The number of aryl methyl sites for hydroxylation is 2. The lowest BCUT2D eigenvalue weighted by molar-refractivity contribution is 0.292. The molecule has 0 saturated heterocycles. The quantitative estimate of drug-likeness (QED) is 0.879. The van der Waals surface area contributed by atoms with E-state index in [1.807, 2.05) is 26.2 Å². The van der Waals surface area contributed by atoms with Gasteiger partial charge in [0.15, 0.2) is 0 Å². The van der Waals surface area contributed by atoms with Crippen molar-refractivity contribution in [2.24, 2.45) is 5.73 Å². The summed E-state index contributed by atoms with van der Waals surface area (Å²) in [6, 6.07) is 6.35. The van der Waals surface area contributed by atoms with E-state index >= 15 is 0 Å². The van der Waals surface area contributed by atoms with Crippen molar-refractivity contribution >= 4 is 0 Å². The molecule has 0 aliphatic carbocycles. The van der Waals surface area contributed by atoms with Crippen LogP contribution in [0.1, 0.15) is 23.9 Å². The first kappa shape index (κ1) is 14.6. The first-order valence-corrected chi connectivity index (χ1v) is 7.02. The second-order valence-electron chi connectivity index (χ2n) is 5.26. The molecule has 0 bridgehead atoms. The third kappa shape index (κ3) is 3.61. The predicted octanol–water partition coefficient (Wildman–Crippen LogP) is 2.47. The van der Waals surface area contributed by atoms with Gasteiger partial charge in [0.1, 0.15) is 18.2 Å². The van der Waals surface area contributed by atoms with Gasteiger partial charge in [0.2, 0.25) is 0 Å². The van der Waals surface area contributed by atoms with Crippen LogP contribution in [-0.4, -0.2) is 22.2 Å². The number of nitrogens with zero attached hydrogens (tertiary/aromatic N) is 2. The molecular formula is C16H23N3O. The highest BCUT2D eigenvalue weighted by atomic mass is 16.5. The van der Waals surface area contributed by atoms with E-state index < -0.39 is 0 Å². The SMILES string of the molecule is Cc1cccc(CC(C)N)c1OCCn1ccnc1C. The van der Waals surface area contributed by atoms with Crippen molar-refractivity contribution in [3.05, 3.63) is 47.5 Å². The molecule has 0 aliphatic rings. The van der Waals surface area contributed by atoms with E-state index in [0.717, 1.165) is 30.1 Å². The van der Waals surface area contributed by atoms with Crippen molar-refractivity contribution in [2.75, 3.05) is 6.61 Å². The minimum Gasteiger partial charge on any atom is -0.491 e. The van der Waals surface area contributed by atoms with Crippen molar-refractivity contribution in [2.45, 2.75) is 39.8 Å². The highest BCUT2D eigenvalue weighted by Gasteiger charge is 2.09. The van der Waals surface area contributed by atoms with Crippen molar-refractivity contribution in [3.8, 4) is 5.75 Å². The third-order valence-corrected chi connectivity index (χ3v) is 3.34. The maximum absolute atomic E-state index is 5.99. The zero-order chi connectivity index (χ0) is 14.5. The molecule has 2 N–H and O–H groups in total. The number of imidazole rings is 1. The molecule has 2 rings (SSSR count). The summed E-state index contributed by atoms with van der Waals surface area (Å²) >= 11 is 0. The molecular weight excluding hydrogens is 250 g/mol. The Labute approximate surface area is 120 Å². The average Bonchev–Trinajstić information content (AvgIpc) is 2.78. The minimum absolute atomic E-state index is 0.134. The van der Waals surface area contributed by atoms with Gasteiger partial charge in [0, 0.05) is 18.4 Å². The largest absolute Gasteiger partial charge is 0.491 e. The van der Waals surface area contributed by atoms with Crippen LogP contribution >= 0.6 is 0 Å². The predicted molar refractivity (Wildman–Crippen MR) is 81.0 cm³/mol. The zero-order valence-electron chi connectivity index (χ0n) is 12.5.